The van der Waals surface area contributed by atoms with Crippen LogP contribution in [0.5, 0.6) is 5.75 Å². The number of amides is 3. The van der Waals surface area contributed by atoms with E-state index < -0.39 is 24.6 Å². The number of rotatable bonds is 2. The maximum atomic E-state index is 13.5. The van der Waals surface area contributed by atoms with Gasteiger partial charge in [-0.05, 0) is 62.3 Å². The second-order valence-electron chi connectivity index (χ2n) is 10.9. The lowest BCUT2D eigenvalue weighted by molar-refractivity contribution is -0.143. The molecule has 1 aliphatic carbocycles. The van der Waals surface area contributed by atoms with Gasteiger partial charge >= 0.3 is 0 Å². The van der Waals surface area contributed by atoms with Crippen molar-refractivity contribution in [1.82, 2.24) is 20.9 Å². The van der Waals surface area contributed by atoms with Crippen LogP contribution in [-0.4, -0.2) is 79.7 Å². The molecule has 2 aliphatic rings. The fraction of sp³-hybridized carbons (Fsp3) is 0.531. The van der Waals surface area contributed by atoms with Gasteiger partial charge in [0.1, 0.15) is 18.4 Å². The number of ether oxygens (including phenoxy) is 1. The summed E-state index contributed by atoms with van der Waals surface area (Å²) in [6.07, 6.45) is 6.67. The monoisotopic (exact) mass is 600 g/mol. The van der Waals surface area contributed by atoms with Crippen LogP contribution >= 0.6 is 11.6 Å². The average molecular weight is 601 g/mol. The smallest absolute Gasteiger partial charge is 0.245 e. The molecule has 2 atom stereocenters. The van der Waals surface area contributed by atoms with Crippen LogP contribution in [0.2, 0.25) is 5.02 Å². The molecule has 0 bridgehead atoms. The molecule has 10 heteroatoms. The second kappa shape index (κ2) is 17.7. The van der Waals surface area contributed by atoms with E-state index in [-0.39, 0.29) is 24.3 Å². The largest absolute Gasteiger partial charge is 0.492 e. The first kappa shape index (κ1) is 33.4. The molecule has 3 amide bonds. The molecule has 4 N–H and O–H groups in total. The number of para-hydroxylation sites is 1. The molecule has 0 aromatic heterocycles. The molecule has 0 spiro atoms. The summed E-state index contributed by atoms with van der Waals surface area (Å²) in [7, 11) is 1.53. The number of carbonyl (C=O) groups excluding carboxylic acids is 3. The van der Waals surface area contributed by atoms with E-state index in [0.29, 0.717) is 19.7 Å². The minimum atomic E-state index is -1.06. The minimum absolute atomic E-state index is 0.162. The normalized spacial score (nSPS) is 21.8. The maximum Gasteiger partial charge on any atom is 0.245 e. The highest BCUT2D eigenvalue weighted by Gasteiger charge is 2.35. The van der Waals surface area contributed by atoms with Gasteiger partial charge in [-0.1, -0.05) is 66.8 Å². The van der Waals surface area contributed by atoms with Crippen LogP contribution in [0, 0.1) is 12.8 Å². The van der Waals surface area contributed by atoms with E-state index in [4.69, 9.17) is 16.3 Å². The zero-order valence-corrected chi connectivity index (χ0v) is 25.5. The number of fused-ring (bicyclic) bond motifs is 1. The van der Waals surface area contributed by atoms with Gasteiger partial charge in [0.15, 0.2) is 0 Å². The molecule has 2 unspecified atom stereocenters. The number of nitrogens with one attached hydrogen (secondary N) is 3. The minimum Gasteiger partial charge on any atom is -0.492 e. The highest BCUT2D eigenvalue weighted by molar-refractivity contribution is 6.30. The number of likely N-dealkylation sites (N-methyl/N-ethyl adjacent to an activating group) is 1. The fourth-order valence-corrected chi connectivity index (χ4v) is 5.42. The van der Waals surface area contributed by atoms with Crippen molar-refractivity contribution in [2.45, 2.75) is 64.0 Å². The molecule has 0 radical (unpaired) electrons. The van der Waals surface area contributed by atoms with Crippen molar-refractivity contribution in [3.8, 4) is 5.75 Å². The number of hydrogen-bond donors (Lipinski definition) is 4. The van der Waals surface area contributed by atoms with Crippen LogP contribution < -0.4 is 20.7 Å². The number of carbonyl (C=O) groups is 3. The van der Waals surface area contributed by atoms with Gasteiger partial charge in [0.2, 0.25) is 17.7 Å². The number of halogens is 1. The van der Waals surface area contributed by atoms with Crippen LogP contribution in [0.25, 0.3) is 0 Å². The van der Waals surface area contributed by atoms with E-state index in [1.165, 1.54) is 17.5 Å². The topological polar surface area (TPSA) is 120 Å². The Morgan fingerprint density at radius 1 is 0.952 bits per heavy atom. The summed E-state index contributed by atoms with van der Waals surface area (Å²) < 4.78 is 6.03. The molecule has 1 heterocycles. The van der Waals surface area contributed by atoms with E-state index in [0.717, 1.165) is 61.3 Å². The lowest BCUT2D eigenvalue weighted by atomic mass is 9.83. The Morgan fingerprint density at radius 3 is 2.36 bits per heavy atom. The first-order valence-electron chi connectivity index (χ1n) is 14.9. The Bertz CT molecular complexity index is 1120. The lowest BCUT2D eigenvalue weighted by Crippen LogP contribution is -2.57. The third-order valence-corrected chi connectivity index (χ3v) is 8.01. The van der Waals surface area contributed by atoms with Gasteiger partial charge in [-0.15, -0.1) is 0 Å². The number of benzene rings is 2. The van der Waals surface area contributed by atoms with Crippen LogP contribution in [-0.2, 0) is 20.8 Å². The van der Waals surface area contributed by atoms with Crippen molar-refractivity contribution in [2.24, 2.45) is 5.92 Å². The molecule has 2 aromatic carbocycles. The Hall–Kier alpha value is -3.14. The number of aryl methyl sites for hydroxylation is 2. The summed E-state index contributed by atoms with van der Waals surface area (Å²) in [6, 6.07) is 14.1. The standard InChI is InChI=1S/C25H38N4O5.C7H7Cl/c1-29-20(17-30)24(32)28-16-22(31)26-13-7-11-18-8-5-6-12-21(18)34-15-14-27-23(25(29)33)19-9-3-2-4-10-19;1-6-2-4-7(8)5-3-6/h5-6,8,12,19-20,23,27,30H,2-4,7,9-11,13-17H2,1H3,(H,26,31)(H,28,32);2-5H,1H3. The zero-order chi connectivity index (χ0) is 30.3. The highest BCUT2D eigenvalue weighted by Crippen LogP contribution is 2.28. The number of nitrogens with zero attached hydrogens (tertiary/aromatic N) is 1. The van der Waals surface area contributed by atoms with Gasteiger partial charge in [-0.25, -0.2) is 0 Å². The lowest BCUT2D eigenvalue weighted by Gasteiger charge is -2.35. The van der Waals surface area contributed by atoms with Gasteiger partial charge in [0.25, 0.3) is 0 Å². The molecule has 2 aromatic rings. The number of hydrogen-bond acceptors (Lipinski definition) is 6. The van der Waals surface area contributed by atoms with Gasteiger partial charge < -0.3 is 30.7 Å². The molecule has 1 fully saturated rings. The van der Waals surface area contributed by atoms with Crippen LogP contribution in [0.15, 0.2) is 48.5 Å². The molecule has 1 saturated carbocycles. The van der Waals surface area contributed by atoms with Gasteiger partial charge in [0.05, 0.1) is 19.2 Å². The summed E-state index contributed by atoms with van der Waals surface area (Å²) >= 11 is 5.61. The Kier molecular flexibility index (Phi) is 14.1. The first-order valence-corrected chi connectivity index (χ1v) is 15.3. The SMILES string of the molecule is CN1C(=O)C(C2CCCCC2)NCCOc2ccccc2CCCNC(=O)CNC(=O)C1CO.Cc1ccc(Cl)cc1. The van der Waals surface area contributed by atoms with Gasteiger partial charge in [-0.2, -0.15) is 0 Å². The molecule has 4 rings (SSSR count). The van der Waals surface area contributed by atoms with Gasteiger partial charge in [-0.3, -0.25) is 14.4 Å². The number of aliphatic hydroxyl groups is 1. The molecule has 230 valence electrons. The first-order chi connectivity index (χ1) is 20.3. The molecule has 42 heavy (non-hydrogen) atoms. The molecule has 1 aliphatic heterocycles. The van der Waals surface area contributed by atoms with E-state index in [1.54, 1.807) is 0 Å². The second-order valence-corrected chi connectivity index (χ2v) is 11.3. The van der Waals surface area contributed by atoms with Crippen molar-refractivity contribution < 1.29 is 24.2 Å². The van der Waals surface area contributed by atoms with Crippen LogP contribution in [0.1, 0.15) is 49.7 Å². The maximum absolute atomic E-state index is 13.5. The average Bonchev–Trinajstić information content (AvgIpc) is 3.00. The van der Waals surface area contributed by atoms with Crippen molar-refractivity contribution in [3.05, 3.63) is 64.7 Å². The fourth-order valence-electron chi connectivity index (χ4n) is 5.29. The van der Waals surface area contributed by atoms with Crippen LogP contribution in [0.4, 0.5) is 0 Å². The Labute approximate surface area is 254 Å². The van der Waals surface area contributed by atoms with E-state index >= 15 is 0 Å². The summed E-state index contributed by atoms with van der Waals surface area (Å²) in [4.78, 5) is 39.6. The Morgan fingerprint density at radius 2 is 1.67 bits per heavy atom. The van der Waals surface area contributed by atoms with Gasteiger partial charge in [0, 0.05) is 25.2 Å². The molecule has 0 saturated heterocycles. The molecule has 9 nitrogen and oxygen atoms in total. The summed E-state index contributed by atoms with van der Waals surface area (Å²) in [5.41, 5.74) is 2.31. The summed E-state index contributed by atoms with van der Waals surface area (Å²) in [6.45, 7) is 2.67. The van der Waals surface area contributed by atoms with E-state index in [2.05, 4.69) is 16.0 Å². The van der Waals surface area contributed by atoms with Crippen LogP contribution in [0.3, 0.4) is 0 Å². The van der Waals surface area contributed by atoms with Crippen molar-refractivity contribution in [1.29, 1.82) is 0 Å². The van der Waals surface area contributed by atoms with Crippen molar-refractivity contribution in [2.75, 3.05) is 39.9 Å². The Balaban J connectivity index is 0.000000521. The summed E-state index contributed by atoms with van der Waals surface area (Å²) in [5, 5.41) is 19.4. The van der Waals surface area contributed by atoms with Crippen molar-refractivity contribution in [3.63, 3.8) is 0 Å². The predicted octanol–water partition coefficient (Wildman–Crippen LogP) is 3.25. The van der Waals surface area contributed by atoms with E-state index in [9.17, 15) is 19.5 Å². The molecular weight excluding hydrogens is 556 g/mol. The predicted molar refractivity (Wildman–Crippen MR) is 164 cm³/mol. The quantitative estimate of drug-likeness (QED) is 0.420. The third kappa shape index (κ3) is 10.6. The number of aliphatic hydroxyl groups excluding tert-OH is 1. The highest BCUT2D eigenvalue weighted by atomic mass is 35.5. The molecular formula is C32H45ClN4O5. The van der Waals surface area contributed by atoms with Crippen molar-refractivity contribution >= 4 is 29.3 Å². The summed E-state index contributed by atoms with van der Waals surface area (Å²) in [5.74, 6) is -0.121. The zero-order valence-electron chi connectivity index (χ0n) is 24.7. The van der Waals surface area contributed by atoms with E-state index in [1.807, 2.05) is 55.5 Å². The third-order valence-electron chi connectivity index (χ3n) is 7.75.